The Labute approximate surface area is 90.9 Å². The highest BCUT2D eigenvalue weighted by molar-refractivity contribution is 5.27. The van der Waals surface area contributed by atoms with Gasteiger partial charge in [0.1, 0.15) is 5.82 Å². The Morgan fingerprint density at radius 2 is 2.07 bits per heavy atom. The Morgan fingerprint density at radius 1 is 1.47 bits per heavy atom. The Bertz CT molecular complexity index is 344. The second kappa shape index (κ2) is 4.31. The molecule has 1 nitrogen and oxygen atoms in total. The molecule has 0 aromatic heterocycles. The van der Waals surface area contributed by atoms with Crippen molar-refractivity contribution in [2.45, 2.75) is 39.7 Å². The van der Waals surface area contributed by atoms with Crippen molar-refractivity contribution in [1.82, 2.24) is 0 Å². The summed E-state index contributed by atoms with van der Waals surface area (Å²) in [4.78, 5) is 0. The van der Waals surface area contributed by atoms with Gasteiger partial charge in [-0.3, -0.25) is 0 Å². The highest BCUT2D eigenvalue weighted by Gasteiger charge is 2.29. The van der Waals surface area contributed by atoms with Crippen LogP contribution in [0.1, 0.15) is 38.3 Å². The van der Waals surface area contributed by atoms with Crippen LogP contribution in [-0.2, 0) is 5.60 Å². The van der Waals surface area contributed by atoms with Crippen molar-refractivity contribution in [3.05, 3.63) is 35.1 Å². The molecular weight excluding hydrogens is 191 g/mol. The first kappa shape index (κ1) is 12.2. The third-order valence-corrected chi connectivity index (χ3v) is 3.33. The van der Waals surface area contributed by atoms with Crippen molar-refractivity contribution in [2.75, 3.05) is 0 Å². The van der Waals surface area contributed by atoms with Gasteiger partial charge in [0, 0.05) is 0 Å². The summed E-state index contributed by atoms with van der Waals surface area (Å²) in [5, 5.41) is 10.3. The van der Waals surface area contributed by atoms with Crippen LogP contribution in [0.25, 0.3) is 0 Å². The molecular formula is C13H19FO. The Hall–Kier alpha value is -0.890. The van der Waals surface area contributed by atoms with Gasteiger partial charge in [0.25, 0.3) is 0 Å². The summed E-state index contributed by atoms with van der Waals surface area (Å²) in [5.41, 5.74) is 0.308. The highest BCUT2D eigenvalue weighted by atomic mass is 19.1. The minimum absolute atomic E-state index is 0.111. The smallest absolute Gasteiger partial charge is 0.126 e. The Kier molecular flexibility index (Phi) is 3.50. The minimum Gasteiger partial charge on any atom is -0.385 e. The third-order valence-electron chi connectivity index (χ3n) is 3.33. The number of rotatable bonds is 3. The lowest BCUT2D eigenvalue weighted by atomic mass is 9.82. The average Bonchev–Trinajstić information content (AvgIpc) is 2.20. The average molecular weight is 210 g/mol. The topological polar surface area (TPSA) is 20.2 Å². The van der Waals surface area contributed by atoms with E-state index in [1.165, 1.54) is 6.07 Å². The molecule has 0 amide bonds. The second-order valence-electron chi connectivity index (χ2n) is 4.42. The molecule has 0 saturated carbocycles. The molecule has 0 heterocycles. The molecule has 1 aromatic carbocycles. The van der Waals surface area contributed by atoms with Crippen molar-refractivity contribution >= 4 is 0 Å². The van der Waals surface area contributed by atoms with Crippen LogP contribution in [0, 0.1) is 18.7 Å². The SMILES string of the molecule is CCC(C)C(C)(O)c1ccc(C)c(F)c1. The number of aryl methyl sites for hydroxylation is 1. The van der Waals surface area contributed by atoms with Gasteiger partial charge in [-0.2, -0.15) is 0 Å². The summed E-state index contributed by atoms with van der Waals surface area (Å²) < 4.78 is 13.4. The number of benzene rings is 1. The van der Waals surface area contributed by atoms with Crippen molar-refractivity contribution in [2.24, 2.45) is 5.92 Å². The lowest BCUT2D eigenvalue weighted by Gasteiger charge is -2.30. The molecule has 1 aromatic rings. The van der Waals surface area contributed by atoms with Crippen LogP contribution >= 0.6 is 0 Å². The summed E-state index contributed by atoms with van der Waals surface area (Å²) in [6.45, 7) is 7.45. The third kappa shape index (κ3) is 2.37. The fraction of sp³-hybridized carbons (Fsp3) is 0.538. The van der Waals surface area contributed by atoms with Crippen LogP contribution < -0.4 is 0 Å². The van der Waals surface area contributed by atoms with Crippen molar-refractivity contribution in [1.29, 1.82) is 0 Å². The van der Waals surface area contributed by atoms with E-state index in [4.69, 9.17) is 0 Å². The van der Waals surface area contributed by atoms with Gasteiger partial charge in [-0.25, -0.2) is 4.39 Å². The fourth-order valence-corrected chi connectivity index (χ4v) is 1.59. The van der Waals surface area contributed by atoms with Gasteiger partial charge in [0.05, 0.1) is 5.60 Å². The molecule has 0 aliphatic rings. The molecule has 2 atom stereocenters. The van der Waals surface area contributed by atoms with Crippen LogP contribution in [0.4, 0.5) is 4.39 Å². The first-order chi connectivity index (χ1) is 6.89. The fourth-order valence-electron chi connectivity index (χ4n) is 1.59. The quantitative estimate of drug-likeness (QED) is 0.810. The van der Waals surface area contributed by atoms with E-state index in [9.17, 15) is 9.50 Å². The molecule has 84 valence electrons. The molecule has 2 unspecified atom stereocenters. The standard InChI is InChI=1S/C13H19FO/c1-5-10(3)13(4,15)11-7-6-9(2)12(14)8-11/h6-8,10,15H,5H2,1-4H3. The zero-order valence-electron chi connectivity index (χ0n) is 9.84. The van der Waals surface area contributed by atoms with Gasteiger partial charge >= 0.3 is 0 Å². The molecule has 15 heavy (non-hydrogen) atoms. The molecule has 0 bridgehead atoms. The monoisotopic (exact) mass is 210 g/mol. The second-order valence-corrected chi connectivity index (χ2v) is 4.42. The van der Waals surface area contributed by atoms with Crippen LogP contribution in [0.5, 0.6) is 0 Å². The van der Waals surface area contributed by atoms with E-state index in [0.29, 0.717) is 11.1 Å². The summed E-state index contributed by atoms with van der Waals surface area (Å²) in [5.74, 6) is -0.143. The van der Waals surface area contributed by atoms with Gasteiger partial charge in [0.2, 0.25) is 0 Å². The molecule has 2 heteroatoms. The molecule has 0 aliphatic heterocycles. The molecule has 0 aliphatic carbocycles. The predicted octanol–water partition coefficient (Wildman–Crippen LogP) is 3.39. The van der Waals surface area contributed by atoms with E-state index < -0.39 is 5.60 Å². The van der Waals surface area contributed by atoms with Crippen LogP contribution in [-0.4, -0.2) is 5.11 Å². The lowest BCUT2D eigenvalue weighted by Crippen LogP contribution is -2.29. The minimum atomic E-state index is -0.955. The molecule has 1 N–H and O–H groups in total. The van der Waals surface area contributed by atoms with Crippen molar-refractivity contribution in [3.8, 4) is 0 Å². The van der Waals surface area contributed by atoms with Crippen LogP contribution in [0.15, 0.2) is 18.2 Å². The van der Waals surface area contributed by atoms with Gasteiger partial charge in [-0.05, 0) is 37.0 Å². The molecule has 0 fully saturated rings. The predicted molar refractivity (Wildman–Crippen MR) is 60.2 cm³/mol. The normalized spacial score (nSPS) is 17.2. The molecule has 0 radical (unpaired) electrons. The summed E-state index contributed by atoms with van der Waals surface area (Å²) in [6, 6.07) is 4.94. The van der Waals surface area contributed by atoms with E-state index in [0.717, 1.165) is 6.42 Å². The molecule has 1 rings (SSSR count). The van der Waals surface area contributed by atoms with Crippen molar-refractivity contribution < 1.29 is 9.50 Å². The Balaban J connectivity index is 3.10. The van der Waals surface area contributed by atoms with E-state index in [2.05, 4.69) is 0 Å². The highest BCUT2D eigenvalue weighted by Crippen LogP contribution is 2.31. The zero-order chi connectivity index (χ0) is 11.6. The van der Waals surface area contributed by atoms with Crippen LogP contribution in [0.3, 0.4) is 0 Å². The van der Waals surface area contributed by atoms with Gasteiger partial charge < -0.3 is 5.11 Å². The number of halogens is 1. The molecule has 0 spiro atoms. The summed E-state index contributed by atoms with van der Waals surface area (Å²) >= 11 is 0. The number of aliphatic hydroxyl groups is 1. The maximum absolute atomic E-state index is 13.4. The first-order valence-corrected chi connectivity index (χ1v) is 5.38. The maximum atomic E-state index is 13.4. The maximum Gasteiger partial charge on any atom is 0.126 e. The number of hydrogen-bond donors (Lipinski definition) is 1. The van der Waals surface area contributed by atoms with E-state index in [-0.39, 0.29) is 11.7 Å². The lowest BCUT2D eigenvalue weighted by molar-refractivity contribution is -0.000254. The largest absolute Gasteiger partial charge is 0.385 e. The summed E-state index contributed by atoms with van der Waals surface area (Å²) in [7, 11) is 0. The number of hydrogen-bond acceptors (Lipinski definition) is 1. The van der Waals surface area contributed by atoms with E-state index in [1.54, 1.807) is 26.0 Å². The Morgan fingerprint density at radius 3 is 2.53 bits per heavy atom. The first-order valence-electron chi connectivity index (χ1n) is 5.38. The van der Waals surface area contributed by atoms with Gasteiger partial charge in [-0.15, -0.1) is 0 Å². The zero-order valence-corrected chi connectivity index (χ0v) is 9.84. The van der Waals surface area contributed by atoms with Crippen LogP contribution in [0.2, 0.25) is 0 Å². The van der Waals surface area contributed by atoms with Crippen molar-refractivity contribution in [3.63, 3.8) is 0 Å². The molecule has 0 saturated heterocycles. The van der Waals surface area contributed by atoms with Gasteiger partial charge in [0.15, 0.2) is 0 Å². The van der Waals surface area contributed by atoms with E-state index >= 15 is 0 Å². The summed E-state index contributed by atoms with van der Waals surface area (Å²) in [6.07, 6.45) is 0.864. The van der Waals surface area contributed by atoms with E-state index in [1.807, 2.05) is 13.8 Å². The van der Waals surface area contributed by atoms with Gasteiger partial charge in [-0.1, -0.05) is 32.4 Å².